The Labute approximate surface area is 174 Å². The zero-order valence-electron chi connectivity index (χ0n) is 15.9. The molecule has 1 heterocycles. The molecule has 3 rings (SSSR count). The number of rotatable bonds is 4. The fourth-order valence-electron chi connectivity index (χ4n) is 2.69. The van der Waals surface area contributed by atoms with Crippen LogP contribution in [0.2, 0.25) is 0 Å². The van der Waals surface area contributed by atoms with E-state index in [-0.39, 0.29) is 34.4 Å². The van der Waals surface area contributed by atoms with Crippen LogP contribution in [-0.2, 0) is 6.18 Å². The minimum atomic E-state index is -4.61. The number of hydrogen-bond acceptors (Lipinski definition) is 5. The Bertz CT molecular complexity index is 1160. The van der Waals surface area contributed by atoms with E-state index in [1.54, 1.807) is 0 Å². The summed E-state index contributed by atoms with van der Waals surface area (Å²) in [5.41, 5.74) is 5.52. The molecule has 0 unspecified atom stereocenters. The molecule has 158 valence electrons. The van der Waals surface area contributed by atoms with Crippen LogP contribution in [0.25, 0.3) is 22.3 Å². The van der Waals surface area contributed by atoms with Gasteiger partial charge in [0, 0.05) is 35.3 Å². The number of aliphatic imine (C=N–C) groups is 2. The Morgan fingerprint density at radius 1 is 1.03 bits per heavy atom. The predicted octanol–water partition coefficient (Wildman–Crippen LogP) is 5.13. The van der Waals surface area contributed by atoms with Crippen LogP contribution in [0.4, 0.5) is 23.5 Å². The van der Waals surface area contributed by atoms with Crippen molar-refractivity contribution in [1.82, 2.24) is 9.97 Å². The number of nitrogens with zero attached hydrogens (tertiary/aromatic N) is 4. The molecule has 0 amide bonds. The molecule has 0 aliphatic carbocycles. The van der Waals surface area contributed by atoms with Crippen molar-refractivity contribution in [2.75, 3.05) is 5.73 Å². The minimum absolute atomic E-state index is 0.0418. The molecule has 0 aliphatic rings. The van der Waals surface area contributed by atoms with Crippen LogP contribution in [-0.4, -0.2) is 22.7 Å². The first kappa shape index (κ1) is 21.6. The van der Waals surface area contributed by atoms with Gasteiger partial charge in [0.05, 0.1) is 5.56 Å². The summed E-state index contributed by atoms with van der Waals surface area (Å²) in [6.07, 6.45) is -0.791. The Morgan fingerprint density at radius 2 is 1.71 bits per heavy atom. The Hall–Kier alpha value is -4.08. The number of benzene rings is 2. The van der Waals surface area contributed by atoms with Gasteiger partial charge in [-0.1, -0.05) is 24.8 Å². The van der Waals surface area contributed by atoms with Gasteiger partial charge in [-0.15, -0.1) is 0 Å². The maximum atomic E-state index is 14.8. The molecule has 1 aromatic heterocycles. The average molecular weight is 429 g/mol. The Balaban J connectivity index is 2.09. The van der Waals surface area contributed by atoms with E-state index in [9.17, 15) is 17.6 Å². The molecule has 2 N–H and O–H groups in total. The highest BCUT2D eigenvalue weighted by Crippen LogP contribution is 2.38. The quantitative estimate of drug-likeness (QED) is 0.354. The van der Waals surface area contributed by atoms with E-state index in [2.05, 4.69) is 33.2 Å². The third-order valence-corrected chi connectivity index (χ3v) is 4.11. The van der Waals surface area contributed by atoms with Crippen molar-refractivity contribution in [3.63, 3.8) is 0 Å². The van der Waals surface area contributed by atoms with Crippen molar-refractivity contribution in [1.29, 1.82) is 0 Å². The number of alkyl halides is 3. The van der Waals surface area contributed by atoms with Crippen LogP contribution in [0.1, 0.15) is 5.56 Å². The van der Waals surface area contributed by atoms with E-state index in [0.717, 1.165) is 24.4 Å². The molecular formula is C21H15F4N5O. The van der Waals surface area contributed by atoms with Crippen molar-refractivity contribution in [3.8, 4) is 28.0 Å². The molecule has 0 saturated heterocycles. The third kappa shape index (κ3) is 4.92. The van der Waals surface area contributed by atoms with Crippen LogP contribution in [0.5, 0.6) is 5.75 Å². The highest BCUT2D eigenvalue weighted by molar-refractivity contribution is 5.84. The summed E-state index contributed by atoms with van der Waals surface area (Å²) in [5, 5.41) is 0. The number of nitrogen functional groups attached to an aromatic ring is 1. The number of hydrogen-bond donors (Lipinski definition) is 1. The van der Waals surface area contributed by atoms with Gasteiger partial charge in [0.1, 0.15) is 11.6 Å². The normalized spacial score (nSPS) is 11.8. The van der Waals surface area contributed by atoms with E-state index >= 15 is 0 Å². The highest BCUT2D eigenvalue weighted by Gasteiger charge is 2.31. The zero-order valence-corrected chi connectivity index (χ0v) is 15.9. The lowest BCUT2D eigenvalue weighted by Crippen LogP contribution is -2.09. The molecule has 0 radical (unpaired) electrons. The second kappa shape index (κ2) is 8.74. The molecule has 0 atom stereocenters. The molecule has 3 aromatic rings. The number of halogens is 4. The molecule has 2 aromatic carbocycles. The molecule has 10 heteroatoms. The number of ether oxygens (including phenoxy) is 1. The highest BCUT2D eigenvalue weighted by atomic mass is 19.4. The van der Waals surface area contributed by atoms with Gasteiger partial charge in [0.15, 0.2) is 0 Å². The average Bonchev–Trinajstić information content (AvgIpc) is 2.73. The van der Waals surface area contributed by atoms with Crippen LogP contribution in [0.3, 0.4) is 0 Å². The van der Waals surface area contributed by atoms with Crippen molar-refractivity contribution >= 4 is 18.7 Å². The van der Waals surface area contributed by atoms with Gasteiger partial charge in [-0.25, -0.2) is 24.3 Å². The molecular weight excluding hydrogens is 414 g/mol. The maximum absolute atomic E-state index is 14.8. The molecule has 31 heavy (non-hydrogen) atoms. The monoisotopic (exact) mass is 429 g/mol. The summed E-state index contributed by atoms with van der Waals surface area (Å²) in [6, 6.07) is 6.64. The van der Waals surface area contributed by atoms with Crippen LogP contribution < -0.4 is 10.5 Å². The Morgan fingerprint density at radius 3 is 2.29 bits per heavy atom. The number of nitrogens with two attached hydrogens (primary N) is 1. The van der Waals surface area contributed by atoms with Gasteiger partial charge >= 0.3 is 12.2 Å². The lowest BCUT2D eigenvalue weighted by Gasteiger charge is -2.15. The molecule has 0 spiro atoms. The van der Waals surface area contributed by atoms with E-state index in [1.807, 2.05) is 0 Å². The van der Waals surface area contributed by atoms with Crippen LogP contribution in [0.15, 0.2) is 71.6 Å². The van der Waals surface area contributed by atoms with Gasteiger partial charge < -0.3 is 10.5 Å². The summed E-state index contributed by atoms with van der Waals surface area (Å²) in [7, 11) is 0. The maximum Gasteiger partial charge on any atom is 0.416 e. The van der Waals surface area contributed by atoms with Gasteiger partial charge in [-0.05, 0) is 30.5 Å². The lowest BCUT2D eigenvalue weighted by atomic mass is 9.99. The van der Waals surface area contributed by atoms with Crippen molar-refractivity contribution in [3.05, 3.63) is 73.0 Å². The predicted molar refractivity (Wildman–Crippen MR) is 110 cm³/mol. The summed E-state index contributed by atoms with van der Waals surface area (Å²) in [6.45, 7) is 6.64. The van der Waals surface area contributed by atoms with E-state index < -0.39 is 17.6 Å². The molecule has 0 saturated carbocycles. The van der Waals surface area contributed by atoms with Crippen molar-refractivity contribution in [2.24, 2.45) is 9.98 Å². The lowest BCUT2D eigenvalue weighted by molar-refractivity contribution is -0.137. The van der Waals surface area contributed by atoms with Crippen LogP contribution in [0, 0.1) is 5.82 Å². The Kier molecular flexibility index (Phi) is 6.10. The van der Waals surface area contributed by atoms with Gasteiger partial charge in [0.25, 0.3) is 0 Å². The fourth-order valence-corrected chi connectivity index (χ4v) is 2.69. The SMILES string of the molecule is C=CN=C(N=C)Oc1cc(C(F)(F)F)ccc1-c1ccc(-c2cnc(N)nc2)c(F)c1. The van der Waals surface area contributed by atoms with Crippen molar-refractivity contribution < 1.29 is 22.3 Å². The molecule has 0 bridgehead atoms. The number of anilines is 1. The number of aromatic nitrogens is 2. The molecule has 0 aliphatic heterocycles. The first-order valence-electron chi connectivity index (χ1n) is 8.65. The molecule has 6 nitrogen and oxygen atoms in total. The first-order valence-corrected chi connectivity index (χ1v) is 8.65. The smallest absolute Gasteiger partial charge is 0.416 e. The summed E-state index contributed by atoms with van der Waals surface area (Å²) in [4.78, 5) is 14.8. The van der Waals surface area contributed by atoms with E-state index in [1.165, 1.54) is 30.6 Å². The largest absolute Gasteiger partial charge is 0.424 e. The summed E-state index contributed by atoms with van der Waals surface area (Å²) in [5.74, 6) is -0.829. The number of amidine groups is 1. The second-order valence-corrected chi connectivity index (χ2v) is 6.09. The molecule has 0 fully saturated rings. The van der Waals surface area contributed by atoms with E-state index in [4.69, 9.17) is 10.5 Å². The van der Waals surface area contributed by atoms with Gasteiger partial charge in [-0.2, -0.15) is 13.2 Å². The summed E-state index contributed by atoms with van der Waals surface area (Å²) >= 11 is 0. The fraction of sp³-hybridized carbons (Fsp3) is 0.0476. The minimum Gasteiger partial charge on any atom is -0.424 e. The van der Waals surface area contributed by atoms with Gasteiger partial charge in [-0.3, -0.25) is 0 Å². The second-order valence-electron chi connectivity index (χ2n) is 6.09. The van der Waals surface area contributed by atoms with Gasteiger partial charge in [0.2, 0.25) is 5.95 Å². The summed E-state index contributed by atoms with van der Waals surface area (Å²) < 4.78 is 59.7. The standard InChI is InChI=1S/C21H15F4N5O/c1-3-28-20(27-2)31-18-9-14(21(23,24)25)5-7-16(18)12-4-6-15(17(22)8-12)13-10-29-19(26)30-11-13/h3-11H,1-2H2,(H2,26,29,30). The van der Waals surface area contributed by atoms with E-state index in [0.29, 0.717) is 5.56 Å². The van der Waals surface area contributed by atoms with Crippen molar-refractivity contribution in [2.45, 2.75) is 6.18 Å². The first-order chi connectivity index (χ1) is 14.7. The third-order valence-electron chi connectivity index (χ3n) is 4.11. The zero-order chi connectivity index (χ0) is 22.6. The van der Waals surface area contributed by atoms with Crippen LogP contribution >= 0.6 is 0 Å². The topological polar surface area (TPSA) is 85.8 Å².